The van der Waals surface area contributed by atoms with Crippen molar-refractivity contribution in [2.75, 3.05) is 32.2 Å². The standard InChI is InChI=1S/C27H32N2O7S/c1-19(2)36-24-13-11-20(15-25(24)34-4)17-28-27(30)18-29(21-9-7-6-8-10-21)37(31,32)22-12-14-23(33-3)26(16-22)35-5/h6-16,19H,17-18H2,1-5H3,(H,28,30). The van der Waals surface area contributed by atoms with Crippen molar-refractivity contribution < 1.29 is 32.2 Å². The number of methoxy groups -OCH3 is 3. The van der Waals surface area contributed by atoms with Crippen molar-refractivity contribution in [1.82, 2.24) is 5.32 Å². The van der Waals surface area contributed by atoms with Crippen molar-refractivity contribution in [3.05, 3.63) is 72.3 Å². The molecule has 198 valence electrons. The highest BCUT2D eigenvalue weighted by molar-refractivity contribution is 7.92. The Morgan fingerprint density at radius 2 is 1.46 bits per heavy atom. The fourth-order valence-electron chi connectivity index (χ4n) is 3.57. The van der Waals surface area contributed by atoms with Crippen molar-refractivity contribution in [3.63, 3.8) is 0 Å². The van der Waals surface area contributed by atoms with E-state index in [1.165, 1.54) is 32.4 Å². The quantitative estimate of drug-likeness (QED) is 0.379. The Morgan fingerprint density at radius 3 is 2.08 bits per heavy atom. The monoisotopic (exact) mass is 528 g/mol. The predicted octanol–water partition coefficient (Wildman–Crippen LogP) is 4.01. The van der Waals surface area contributed by atoms with Crippen LogP contribution in [0.15, 0.2) is 71.6 Å². The second-order valence-electron chi connectivity index (χ2n) is 8.29. The zero-order valence-corrected chi connectivity index (χ0v) is 22.4. The molecule has 37 heavy (non-hydrogen) atoms. The van der Waals surface area contributed by atoms with Gasteiger partial charge < -0.3 is 24.3 Å². The molecule has 0 saturated carbocycles. The maximum Gasteiger partial charge on any atom is 0.264 e. The number of hydrogen-bond donors (Lipinski definition) is 1. The van der Waals surface area contributed by atoms with Gasteiger partial charge in [-0.15, -0.1) is 0 Å². The average Bonchev–Trinajstić information content (AvgIpc) is 2.90. The van der Waals surface area contributed by atoms with Crippen molar-refractivity contribution in [1.29, 1.82) is 0 Å². The van der Waals surface area contributed by atoms with Crippen LogP contribution in [-0.2, 0) is 21.4 Å². The van der Waals surface area contributed by atoms with E-state index in [1.54, 1.807) is 49.6 Å². The highest BCUT2D eigenvalue weighted by Crippen LogP contribution is 2.32. The van der Waals surface area contributed by atoms with Gasteiger partial charge in [0.05, 0.1) is 38.0 Å². The molecular formula is C27H32N2O7S. The van der Waals surface area contributed by atoms with Crippen LogP contribution in [0.4, 0.5) is 5.69 Å². The first kappa shape index (κ1) is 27.7. The molecule has 0 aliphatic carbocycles. The van der Waals surface area contributed by atoms with Crippen molar-refractivity contribution >= 4 is 21.6 Å². The van der Waals surface area contributed by atoms with Gasteiger partial charge in [0.15, 0.2) is 23.0 Å². The lowest BCUT2D eigenvalue weighted by Gasteiger charge is -2.24. The Bertz CT molecular complexity index is 1310. The number of carbonyl (C=O) groups is 1. The zero-order chi connectivity index (χ0) is 27.0. The fraction of sp³-hybridized carbons (Fsp3) is 0.296. The lowest BCUT2D eigenvalue weighted by molar-refractivity contribution is -0.119. The molecule has 0 heterocycles. The summed E-state index contributed by atoms with van der Waals surface area (Å²) in [6.45, 7) is 3.59. The van der Waals surface area contributed by atoms with Crippen molar-refractivity contribution in [2.24, 2.45) is 0 Å². The highest BCUT2D eigenvalue weighted by Gasteiger charge is 2.28. The number of benzene rings is 3. The minimum Gasteiger partial charge on any atom is -0.493 e. The average molecular weight is 529 g/mol. The van der Waals surface area contributed by atoms with Gasteiger partial charge in [0.25, 0.3) is 10.0 Å². The molecule has 3 rings (SSSR count). The van der Waals surface area contributed by atoms with Crippen LogP contribution >= 0.6 is 0 Å². The third kappa shape index (κ3) is 6.85. The molecule has 0 atom stereocenters. The lowest BCUT2D eigenvalue weighted by Crippen LogP contribution is -2.40. The molecule has 0 aromatic heterocycles. The smallest absolute Gasteiger partial charge is 0.264 e. The fourth-order valence-corrected chi connectivity index (χ4v) is 5.01. The lowest BCUT2D eigenvalue weighted by atomic mass is 10.2. The summed E-state index contributed by atoms with van der Waals surface area (Å²) in [4.78, 5) is 12.9. The second-order valence-corrected chi connectivity index (χ2v) is 10.2. The topological polar surface area (TPSA) is 103 Å². The molecule has 0 spiro atoms. The van der Waals surface area contributed by atoms with E-state index in [4.69, 9.17) is 18.9 Å². The summed E-state index contributed by atoms with van der Waals surface area (Å²) < 4.78 is 49.9. The molecule has 0 radical (unpaired) electrons. The maximum atomic E-state index is 13.6. The van der Waals surface area contributed by atoms with E-state index in [2.05, 4.69) is 5.32 Å². The number of sulfonamides is 1. The van der Waals surface area contributed by atoms with Crippen LogP contribution in [0.1, 0.15) is 19.4 Å². The van der Waals surface area contributed by atoms with E-state index in [-0.39, 0.29) is 23.3 Å². The van der Waals surface area contributed by atoms with E-state index in [1.807, 2.05) is 19.9 Å². The Balaban J connectivity index is 1.82. The molecule has 0 bridgehead atoms. The van der Waals surface area contributed by atoms with Gasteiger partial charge in [0.2, 0.25) is 5.91 Å². The number of amides is 1. The summed E-state index contributed by atoms with van der Waals surface area (Å²) >= 11 is 0. The van der Waals surface area contributed by atoms with Crippen LogP contribution < -0.4 is 28.6 Å². The predicted molar refractivity (Wildman–Crippen MR) is 141 cm³/mol. The Kier molecular flexibility index (Phi) is 9.24. The van der Waals surface area contributed by atoms with Gasteiger partial charge in [-0.25, -0.2) is 8.42 Å². The number of anilines is 1. The van der Waals surface area contributed by atoms with E-state index in [0.29, 0.717) is 22.9 Å². The molecular weight excluding hydrogens is 496 g/mol. The molecule has 0 saturated heterocycles. The van der Waals surface area contributed by atoms with Gasteiger partial charge in [-0.05, 0) is 55.8 Å². The molecule has 3 aromatic carbocycles. The van der Waals surface area contributed by atoms with Crippen LogP contribution in [0, 0.1) is 0 Å². The third-order valence-electron chi connectivity index (χ3n) is 5.35. The number of rotatable bonds is 12. The molecule has 9 nitrogen and oxygen atoms in total. The molecule has 10 heteroatoms. The van der Waals surface area contributed by atoms with E-state index in [0.717, 1.165) is 9.87 Å². The van der Waals surface area contributed by atoms with Gasteiger partial charge in [-0.2, -0.15) is 0 Å². The van der Waals surface area contributed by atoms with Crippen LogP contribution in [-0.4, -0.2) is 48.3 Å². The number of para-hydroxylation sites is 1. The van der Waals surface area contributed by atoms with Crippen molar-refractivity contribution in [2.45, 2.75) is 31.4 Å². The van der Waals surface area contributed by atoms with Gasteiger partial charge in [0.1, 0.15) is 6.54 Å². The van der Waals surface area contributed by atoms with Crippen LogP contribution in [0.3, 0.4) is 0 Å². The van der Waals surface area contributed by atoms with E-state index >= 15 is 0 Å². The molecule has 0 fully saturated rings. The van der Waals surface area contributed by atoms with Gasteiger partial charge in [-0.1, -0.05) is 24.3 Å². The van der Waals surface area contributed by atoms with Gasteiger partial charge >= 0.3 is 0 Å². The Labute approximate surface area is 218 Å². The summed E-state index contributed by atoms with van der Waals surface area (Å²) in [5.41, 5.74) is 1.12. The maximum absolute atomic E-state index is 13.6. The van der Waals surface area contributed by atoms with E-state index < -0.39 is 22.5 Å². The first-order valence-corrected chi connectivity index (χ1v) is 13.0. The summed E-state index contributed by atoms with van der Waals surface area (Å²) in [7, 11) is 0.315. The van der Waals surface area contributed by atoms with Crippen LogP contribution in [0.5, 0.6) is 23.0 Å². The normalized spacial score (nSPS) is 11.1. The largest absolute Gasteiger partial charge is 0.493 e. The minimum atomic E-state index is -4.12. The molecule has 0 aliphatic heterocycles. The summed E-state index contributed by atoms with van der Waals surface area (Å²) in [6.07, 6.45) is -0.0176. The number of ether oxygens (including phenoxy) is 4. The Hall–Kier alpha value is -3.92. The second kappa shape index (κ2) is 12.4. The SMILES string of the molecule is COc1ccc(S(=O)(=O)N(CC(=O)NCc2ccc(OC(C)C)c(OC)c2)c2ccccc2)cc1OC. The molecule has 1 amide bonds. The summed E-state index contributed by atoms with van der Waals surface area (Å²) in [5, 5.41) is 2.79. The van der Waals surface area contributed by atoms with Crippen molar-refractivity contribution in [3.8, 4) is 23.0 Å². The van der Waals surface area contributed by atoms with Crippen LogP contribution in [0.2, 0.25) is 0 Å². The minimum absolute atomic E-state index is 0.0176. The summed E-state index contributed by atoms with van der Waals surface area (Å²) in [6, 6.07) is 18.1. The van der Waals surface area contributed by atoms with E-state index in [9.17, 15) is 13.2 Å². The zero-order valence-electron chi connectivity index (χ0n) is 21.6. The Morgan fingerprint density at radius 1 is 0.838 bits per heavy atom. The first-order chi connectivity index (χ1) is 17.7. The molecule has 0 aliphatic rings. The highest BCUT2D eigenvalue weighted by atomic mass is 32.2. The number of nitrogens with one attached hydrogen (secondary N) is 1. The molecule has 3 aromatic rings. The molecule has 0 unspecified atom stereocenters. The van der Waals surface area contributed by atoms with Gasteiger partial charge in [0, 0.05) is 12.6 Å². The first-order valence-electron chi connectivity index (χ1n) is 11.6. The number of hydrogen-bond acceptors (Lipinski definition) is 7. The number of carbonyl (C=O) groups excluding carboxylic acids is 1. The summed E-state index contributed by atoms with van der Waals surface area (Å²) in [5.74, 6) is 1.33. The molecule has 1 N–H and O–H groups in total. The van der Waals surface area contributed by atoms with Crippen LogP contribution in [0.25, 0.3) is 0 Å². The van der Waals surface area contributed by atoms with Gasteiger partial charge in [-0.3, -0.25) is 9.10 Å². The third-order valence-corrected chi connectivity index (χ3v) is 7.12. The number of nitrogens with zero attached hydrogens (tertiary/aromatic N) is 1.